The second kappa shape index (κ2) is 8.22. The van der Waals surface area contributed by atoms with Crippen LogP contribution in [-0.2, 0) is 4.79 Å². The molecule has 6 nitrogen and oxygen atoms in total. The van der Waals surface area contributed by atoms with E-state index in [1.807, 2.05) is 17.3 Å². The fraction of sp³-hybridized carbons (Fsp3) is 0.350. The molecule has 1 saturated heterocycles. The fourth-order valence-corrected chi connectivity index (χ4v) is 4.94. The number of benzene rings is 1. The van der Waals surface area contributed by atoms with Crippen molar-refractivity contribution in [3.8, 4) is 0 Å². The van der Waals surface area contributed by atoms with Crippen LogP contribution in [0.2, 0.25) is 5.02 Å². The first-order chi connectivity index (χ1) is 14.0. The number of aliphatic carboxylic acids is 1. The highest BCUT2D eigenvalue weighted by atomic mass is 35.5. The largest absolute Gasteiger partial charge is 0.478 e. The second-order valence-corrected chi connectivity index (χ2v) is 8.35. The minimum absolute atomic E-state index is 0.0690. The number of nitrogens with one attached hydrogen (secondary N) is 1. The summed E-state index contributed by atoms with van der Waals surface area (Å²) in [6.45, 7) is 1.64. The van der Waals surface area contributed by atoms with Gasteiger partial charge in [-0.25, -0.2) is 14.2 Å². The van der Waals surface area contributed by atoms with Gasteiger partial charge in [0.2, 0.25) is 0 Å². The molecule has 0 saturated carbocycles. The Morgan fingerprint density at radius 3 is 2.76 bits per heavy atom. The molecule has 1 fully saturated rings. The lowest BCUT2D eigenvalue weighted by molar-refractivity contribution is -0.133. The third-order valence-corrected chi connectivity index (χ3v) is 6.41. The van der Waals surface area contributed by atoms with Gasteiger partial charge >= 0.3 is 5.97 Å². The van der Waals surface area contributed by atoms with Crippen LogP contribution in [-0.4, -0.2) is 46.9 Å². The van der Waals surface area contributed by atoms with Gasteiger partial charge in [0.05, 0.1) is 5.57 Å². The van der Waals surface area contributed by atoms with Gasteiger partial charge in [0.25, 0.3) is 0 Å². The molecule has 29 heavy (non-hydrogen) atoms. The Morgan fingerprint density at radius 2 is 2.14 bits per heavy atom. The molecule has 0 radical (unpaired) electrons. The van der Waals surface area contributed by atoms with E-state index < -0.39 is 17.8 Å². The maximum atomic E-state index is 13.6. The van der Waals surface area contributed by atoms with Gasteiger partial charge in [0.15, 0.2) is 10.8 Å². The van der Waals surface area contributed by atoms with E-state index in [-0.39, 0.29) is 16.5 Å². The van der Waals surface area contributed by atoms with Crippen LogP contribution in [0.25, 0.3) is 0 Å². The lowest BCUT2D eigenvalue weighted by atomic mass is 9.85. The zero-order valence-corrected chi connectivity index (χ0v) is 17.3. The van der Waals surface area contributed by atoms with Crippen LogP contribution in [0.4, 0.5) is 4.39 Å². The summed E-state index contributed by atoms with van der Waals surface area (Å²) in [5, 5.41) is 16.2. The molecule has 2 aromatic rings. The van der Waals surface area contributed by atoms with Crippen molar-refractivity contribution in [1.82, 2.24) is 15.2 Å². The number of amidine groups is 1. The number of allylic oxidation sites excluding steroid dienone is 1. The molecule has 1 unspecified atom stereocenters. The minimum Gasteiger partial charge on any atom is -0.478 e. The summed E-state index contributed by atoms with van der Waals surface area (Å²) in [6.07, 6.45) is 3.34. The second-order valence-electron chi connectivity index (χ2n) is 7.05. The highest BCUT2D eigenvalue weighted by Crippen LogP contribution is 2.41. The Bertz CT molecular complexity index is 986. The predicted molar refractivity (Wildman–Crippen MR) is 111 cm³/mol. The first-order valence-electron chi connectivity index (χ1n) is 9.31. The van der Waals surface area contributed by atoms with Crippen LogP contribution >= 0.6 is 22.9 Å². The predicted octanol–water partition coefficient (Wildman–Crippen LogP) is 3.71. The molecule has 3 heterocycles. The molecule has 9 heteroatoms. The monoisotopic (exact) mass is 434 g/mol. The van der Waals surface area contributed by atoms with Crippen LogP contribution in [0.3, 0.4) is 0 Å². The smallest absolute Gasteiger partial charge is 0.335 e. The van der Waals surface area contributed by atoms with E-state index in [1.54, 1.807) is 6.20 Å². The molecule has 152 valence electrons. The summed E-state index contributed by atoms with van der Waals surface area (Å²) in [5.74, 6) is -0.851. The van der Waals surface area contributed by atoms with Gasteiger partial charge < -0.3 is 15.3 Å². The van der Waals surface area contributed by atoms with Crippen molar-refractivity contribution in [2.75, 3.05) is 20.1 Å². The first kappa shape index (κ1) is 20.0. The van der Waals surface area contributed by atoms with Crippen molar-refractivity contribution in [3.63, 3.8) is 0 Å². The zero-order valence-electron chi connectivity index (χ0n) is 15.7. The molecule has 0 spiro atoms. The molecular weight excluding hydrogens is 415 g/mol. The third kappa shape index (κ3) is 3.80. The molecule has 2 N–H and O–H groups in total. The Kier molecular flexibility index (Phi) is 5.67. The Hall–Kier alpha value is -2.29. The molecule has 0 amide bonds. The van der Waals surface area contributed by atoms with Crippen molar-refractivity contribution in [2.24, 2.45) is 10.9 Å². The van der Waals surface area contributed by atoms with Gasteiger partial charge in [-0.05, 0) is 38.1 Å². The lowest BCUT2D eigenvalue weighted by Crippen LogP contribution is -2.41. The van der Waals surface area contributed by atoms with Gasteiger partial charge in [0, 0.05) is 40.8 Å². The SMILES string of the molecule is CN1C(c2nccs2)=NC(c2ccc(F)cc2Cl)C(C(=O)O)=C1C1CCNCC1. The normalized spacial score (nSPS) is 20.7. The number of carbonyl (C=O) groups is 1. The van der Waals surface area contributed by atoms with Gasteiger partial charge in [-0.1, -0.05) is 17.7 Å². The van der Waals surface area contributed by atoms with Gasteiger partial charge in [-0.2, -0.15) is 0 Å². The summed E-state index contributed by atoms with van der Waals surface area (Å²) in [6, 6.07) is 3.15. The molecule has 1 aromatic carbocycles. The van der Waals surface area contributed by atoms with Crippen LogP contribution in [0, 0.1) is 11.7 Å². The third-order valence-electron chi connectivity index (χ3n) is 5.32. The fourth-order valence-electron chi connectivity index (χ4n) is 4.00. The molecule has 1 aromatic heterocycles. The van der Waals surface area contributed by atoms with Crippen molar-refractivity contribution in [1.29, 1.82) is 0 Å². The quantitative estimate of drug-likeness (QED) is 0.767. The van der Waals surface area contributed by atoms with E-state index >= 15 is 0 Å². The van der Waals surface area contributed by atoms with E-state index in [2.05, 4.69) is 10.3 Å². The first-order valence-corrected chi connectivity index (χ1v) is 10.6. The molecule has 4 rings (SSSR count). The summed E-state index contributed by atoms with van der Waals surface area (Å²) >= 11 is 7.75. The number of carboxylic acids is 1. The number of aliphatic imine (C=N–C) groups is 1. The summed E-state index contributed by atoms with van der Waals surface area (Å²) in [4.78, 5) is 23.4. The van der Waals surface area contributed by atoms with E-state index in [0.717, 1.165) is 31.6 Å². The van der Waals surface area contributed by atoms with E-state index in [9.17, 15) is 14.3 Å². The average Bonchev–Trinajstić information content (AvgIpc) is 3.23. The van der Waals surface area contributed by atoms with Crippen LogP contribution in [0.1, 0.15) is 29.5 Å². The van der Waals surface area contributed by atoms with E-state index in [1.165, 1.54) is 29.5 Å². The van der Waals surface area contributed by atoms with Crippen molar-refractivity contribution in [2.45, 2.75) is 18.9 Å². The highest BCUT2D eigenvalue weighted by molar-refractivity contribution is 7.11. The average molecular weight is 435 g/mol. The number of carboxylic acid groups (broad SMARTS) is 1. The molecular formula is C20H20ClFN4O2S. The molecule has 0 aliphatic carbocycles. The van der Waals surface area contributed by atoms with Crippen molar-refractivity contribution >= 4 is 34.7 Å². The van der Waals surface area contributed by atoms with Gasteiger partial charge in [-0.15, -0.1) is 11.3 Å². The number of aromatic nitrogens is 1. The lowest BCUT2D eigenvalue weighted by Gasteiger charge is -2.38. The summed E-state index contributed by atoms with van der Waals surface area (Å²) in [5.41, 5.74) is 1.39. The van der Waals surface area contributed by atoms with Crippen LogP contribution in [0.15, 0.2) is 46.0 Å². The van der Waals surface area contributed by atoms with Crippen LogP contribution < -0.4 is 5.32 Å². The van der Waals surface area contributed by atoms with Gasteiger partial charge in [0.1, 0.15) is 11.9 Å². The summed E-state index contributed by atoms with van der Waals surface area (Å²) in [7, 11) is 1.84. The Balaban J connectivity index is 1.92. The van der Waals surface area contributed by atoms with Crippen molar-refractivity contribution in [3.05, 3.63) is 62.5 Å². The van der Waals surface area contributed by atoms with Gasteiger partial charge in [-0.3, -0.25) is 4.99 Å². The maximum absolute atomic E-state index is 13.6. The Morgan fingerprint density at radius 1 is 1.38 bits per heavy atom. The standard InChI is InChI=1S/C20H20ClFN4O2S/c1-26-17(11-4-6-23-7-5-11)15(20(27)28)16(13-3-2-12(22)10-14(13)21)25-18(26)19-24-8-9-29-19/h2-3,8-11,16,23H,4-7H2,1H3,(H,27,28). The molecule has 1 atom stereocenters. The molecule has 0 bridgehead atoms. The topological polar surface area (TPSA) is 77.8 Å². The number of hydrogen-bond acceptors (Lipinski definition) is 6. The zero-order chi connectivity index (χ0) is 20.5. The number of halogens is 2. The molecule has 2 aliphatic heterocycles. The van der Waals surface area contributed by atoms with E-state index in [4.69, 9.17) is 16.6 Å². The Labute approximate surface area is 176 Å². The number of piperidine rings is 1. The molecule has 2 aliphatic rings. The number of hydrogen-bond donors (Lipinski definition) is 2. The number of nitrogens with zero attached hydrogens (tertiary/aromatic N) is 3. The van der Waals surface area contributed by atoms with Crippen LogP contribution in [0.5, 0.6) is 0 Å². The minimum atomic E-state index is -1.04. The number of thiazole rings is 1. The van der Waals surface area contributed by atoms with E-state index in [0.29, 0.717) is 16.4 Å². The highest BCUT2D eigenvalue weighted by Gasteiger charge is 2.38. The summed E-state index contributed by atoms with van der Waals surface area (Å²) < 4.78 is 13.6. The van der Waals surface area contributed by atoms with Crippen molar-refractivity contribution < 1.29 is 14.3 Å². The number of rotatable bonds is 4. The maximum Gasteiger partial charge on any atom is 0.335 e.